The van der Waals surface area contributed by atoms with Crippen molar-refractivity contribution in [1.82, 2.24) is 0 Å². The first-order valence-corrected chi connectivity index (χ1v) is 6.61. The zero-order chi connectivity index (χ0) is 11.2. The topological polar surface area (TPSA) is 71.4 Å². The van der Waals surface area contributed by atoms with E-state index in [1.54, 1.807) is 6.92 Å². The minimum Gasteiger partial charge on any atom is -0.481 e. The summed E-state index contributed by atoms with van der Waals surface area (Å²) in [5.74, 6) is -0.633. The van der Waals surface area contributed by atoms with E-state index in [4.69, 9.17) is 5.11 Å². The second kappa shape index (κ2) is 6.01. The van der Waals surface area contributed by atoms with Gasteiger partial charge >= 0.3 is 5.97 Å². The van der Waals surface area contributed by atoms with E-state index in [2.05, 4.69) is 0 Å². The summed E-state index contributed by atoms with van der Waals surface area (Å²) >= 11 is 0. The molecule has 0 spiro atoms. The van der Waals surface area contributed by atoms with Crippen molar-refractivity contribution < 1.29 is 18.3 Å². The molecule has 0 aliphatic rings. The van der Waals surface area contributed by atoms with Crippen LogP contribution in [0.2, 0.25) is 0 Å². The van der Waals surface area contributed by atoms with E-state index >= 15 is 0 Å². The smallest absolute Gasteiger partial charge is 0.303 e. The largest absolute Gasteiger partial charge is 0.481 e. The number of aliphatic carboxylic acids is 1. The molecule has 84 valence electrons. The summed E-state index contributed by atoms with van der Waals surface area (Å²) in [6.07, 6.45) is 1.10. The second-order valence-electron chi connectivity index (χ2n) is 3.64. The summed E-state index contributed by atoms with van der Waals surface area (Å²) < 4.78 is 22.5. The molecule has 0 rings (SSSR count). The Morgan fingerprint density at radius 2 is 1.93 bits per heavy atom. The second-order valence-corrected chi connectivity index (χ2v) is 5.95. The Labute approximate surface area is 85.2 Å². The van der Waals surface area contributed by atoms with Crippen molar-refractivity contribution in [3.8, 4) is 0 Å². The van der Waals surface area contributed by atoms with Crippen LogP contribution in [-0.2, 0) is 14.6 Å². The monoisotopic (exact) mass is 222 g/mol. The van der Waals surface area contributed by atoms with E-state index in [0.717, 1.165) is 0 Å². The van der Waals surface area contributed by atoms with Crippen LogP contribution in [0.4, 0.5) is 0 Å². The minimum absolute atomic E-state index is 0.0433. The van der Waals surface area contributed by atoms with Crippen molar-refractivity contribution in [2.45, 2.75) is 33.1 Å². The fourth-order valence-corrected chi connectivity index (χ4v) is 2.78. The average molecular weight is 222 g/mol. The maximum atomic E-state index is 11.3. The van der Waals surface area contributed by atoms with Gasteiger partial charge in [0, 0.05) is 12.2 Å². The number of hydrogen-bond donors (Lipinski definition) is 1. The third kappa shape index (κ3) is 6.88. The standard InChI is InChI=1S/C9H18O4S/c1-3-5-14(12,13)6-4-8(2)7-9(10)11/h8H,3-7H2,1-2H3,(H,10,11). The molecule has 1 unspecified atom stereocenters. The van der Waals surface area contributed by atoms with Gasteiger partial charge in [0.25, 0.3) is 0 Å². The maximum Gasteiger partial charge on any atom is 0.303 e. The lowest BCUT2D eigenvalue weighted by atomic mass is 10.1. The molecule has 4 nitrogen and oxygen atoms in total. The zero-order valence-electron chi connectivity index (χ0n) is 8.69. The van der Waals surface area contributed by atoms with Gasteiger partial charge in [0.05, 0.1) is 5.75 Å². The number of sulfone groups is 1. The zero-order valence-corrected chi connectivity index (χ0v) is 9.51. The summed E-state index contributed by atoms with van der Waals surface area (Å²) in [5.41, 5.74) is 0. The van der Waals surface area contributed by atoms with E-state index in [-0.39, 0.29) is 23.8 Å². The van der Waals surface area contributed by atoms with Gasteiger partial charge in [-0.05, 0) is 18.8 Å². The van der Waals surface area contributed by atoms with Gasteiger partial charge in [-0.3, -0.25) is 4.79 Å². The molecule has 0 aromatic heterocycles. The first-order valence-electron chi connectivity index (χ1n) is 4.79. The van der Waals surface area contributed by atoms with Gasteiger partial charge in [0.1, 0.15) is 9.84 Å². The van der Waals surface area contributed by atoms with Crippen LogP contribution in [0.15, 0.2) is 0 Å². The van der Waals surface area contributed by atoms with Crippen molar-refractivity contribution in [2.24, 2.45) is 5.92 Å². The Balaban J connectivity index is 3.87. The molecule has 5 heteroatoms. The molecule has 0 aliphatic carbocycles. The van der Waals surface area contributed by atoms with Crippen LogP contribution >= 0.6 is 0 Å². The molecule has 0 saturated carbocycles. The lowest BCUT2D eigenvalue weighted by Gasteiger charge is -2.08. The molecular formula is C9H18O4S. The molecule has 0 amide bonds. The van der Waals surface area contributed by atoms with Crippen molar-refractivity contribution in [2.75, 3.05) is 11.5 Å². The molecule has 0 fully saturated rings. The first kappa shape index (κ1) is 13.4. The van der Waals surface area contributed by atoms with Gasteiger partial charge in [0.2, 0.25) is 0 Å². The number of hydrogen-bond acceptors (Lipinski definition) is 3. The van der Waals surface area contributed by atoms with Gasteiger partial charge < -0.3 is 5.11 Å². The predicted molar refractivity (Wildman–Crippen MR) is 55.0 cm³/mol. The lowest BCUT2D eigenvalue weighted by molar-refractivity contribution is -0.137. The van der Waals surface area contributed by atoms with Gasteiger partial charge in [-0.25, -0.2) is 8.42 Å². The third-order valence-electron chi connectivity index (χ3n) is 1.96. The third-order valence-corrected chi connectivity index (χ3v) is 3.85. The fraction of sp³-hybridized carbons (Fsp3) is 0.889. The number of carboxylic acid groups (broad SMARTS) is 1. The summed E-state index contributed by atoms with van der Waals surface area (Å²) in [4.78, 5) is 10.3. The van der Waals surface area contributed by atoms with Gasteiger partial charge in [0.15, 0.2) is 0 Å². The SMILES string of the molecule is CCCS(=O)(=O)CCC(C)CC(=O)O. The van der Waals surface area contributed by atoms with Crippen molar-refractivity contribution in [1.29, 1.82) is 0 Å². The highest BCUT2D eigenvalue weighted by molar-refractivity contribution is 7.91. The van der Waals surface area contributed by atoms with Crippen molar-refractivity contribution in [3.05, 3.63) is 0 Å². The molecule has 14 heavy (non-hydrogen) atoms. The molecule has 0 aromatic carbocycles. The van der Waals surface area contributed by atoms with E-state index in [1.165, 1.54) is 0 Å². The fourth-order valence-electron chi connectivity index (χ4n) is 1.19. The Morgan fingerprint density at radius 3 is 2.36 bits per heavy atom. The first-order chi connectivity index (χ1) is 6.37. The number of carbonyl (C=O) groups is 1. The van der Waals surface area contributed by atoms with Crippen LogP contribution in [-0.4, -0.2) is 31.0 Å². The van der Waals surface area contributed by atoms with E-state index < -0.39 is 15.8 Å². The Bertz CT molecular complexity index is 269. The number of carboxylic acids is 1. The molecule has 0 aromatic rings. The highest BCUT2D eigenvalue weighted by atomic mass is 32.2. The van der Waals surface area contributed by atoms with Gasteiger partial charge in [-0.15, -0.1) is 0 Å². The van der Waals surface area contributed by atoms with Crippen LogP contribution in [0.1, 0.15) is 33.1 Å². The Kier molecular flexibility index (Phi) is 5.76. The molecular weight excluding hydrogens is 204 g/mol. The van der Waals surface area contributed by atoms with Crippen LogP contribution in [0.5, 0.6) is 0 Å². The summed E-state index contributed by atoms with van der Waals surface area (Å²) in [6.45, 7) is 3.58. The summed E-state index contributed by atoms with van der Waals surface area (Å²) in [6, 6.07) is 0. The van der Waals surface area contributed by atoms with Gasteiger partial charge in [-0.1, -0.05) is 13.8 Å². The quantitative estimate of drug-likeness (QED) is 0.705. The average Bonchev–Trinajstić information content (AvgIpc) is 2.00. The van der Waals surface area contributed by atoms with Crippen LogP contribution in [0.25, 0.3) is 0 Å². The van der Waals surface area contributed by atoms with E-state index in [0.29, 0.717) is 12.8 Å². The minimum atomic E-state index is -2.96. The van der Waals surface area contributed by atoms with Gasteiger partial charge in [-0.2, -0.15) is 0 Å². The van der Waals surface area contributed by atoms with Crippen molar-refractivity contribution >= 4 is 15.8 Å². The Hall–Kier alpha value is -0.580. The molecule has 0 saturated heterocycles. The predicted octanol–water partition coefficient (Wildman–Crippen LogP) is 1.31. The van der Waals surface area contributed by atoms with Crippen LogP contribution in [0.3, 0.4) is 0 Å². The van der Waals surface area contributed by atoms with Crippen LogP contribution < -0.4 is 0 Å². The molecule has 0 radical (unpaired) electrons. The molecule has 0 bridgehead atoms. The highest BCUT2D eigenvalue weighted by Crippen LogP contribution is 2.09. The molecule has 0 aliphatic heterocycles. The van der Waals surface area contributed by atoms with Crippen LogP contribution in [0, 0.1) is 5.92 Å². The summed E-state index contributed by atoms with van der Waals surface area (Å²) in [5, 5.41) is 8.47. The molecule has 1 N–H and O–H groups in total. The molecule has 0 heterocycles. The Morgan fingerprint density at radius 1 is 1.36 bits per heavy atom. The van der Waals surface area contributed by atoms with E-state index in [1.807, 2.05) is 6.92 Å². The lowest BCUT2D eigenvalue weighted by Crippen LogP contribution is -2.14. The highest BCUT2D eigenvalue weighted by Gasteiger charge is 2.13. The normalized spacial score (nSPS) is 13.9. The maximum absolute atomic E-state index is 11.3. The summed E-state index contributed by atoms with van der Waals surface area (Å²) in [7, 11) is -2.96. The van der Waals surface area contributed by atoms with E-state index in [9.17, 15) is 13.2 Å². The van der Waals surface area contributed by atoms with Crippen molar-refractivity contribution in [3.63, 3.8) is 0 Å². The number of rotatable bonds is 7. The molecule has 1 atom stereocenters.